The smallest absolute Gasteiger partial charge is 0.251 e. The molecular weight excluding hydrogens is 366 g/mol. The van der Waals surface area contributed by atoms with Gasteiger partial charge in [-0.15, -0.1) is 0 Å². The monoisotopic (exact) mass is 395 g/mol. The number of piperazine rings is 1. The predicted octanol–water partition coefficient (Wildman–Crippen LogP) is 2.42. The van der Waals surface area contributed by atoms with Gasteiger partial charge in [0.05, 0.1) is 0 Å². The number of hydrogen-bond acceptors (Lipinski definition) is 5. The van der Waals surface area contributed by atoms with Crippen molar-refractivity contribution < 1.29 is 9.59 Å². The Morgan fingerprint density at radius 2 is 1.76 bits per heavy atom. The van der Waals surface area contributed by atoms with Gasteiger partial charge in [-0.3, -0.25) is 9.59 Å². The van der Waals surface area contributed by atoms with E-state index in [2.05, 4.69) is 20.2 Å². The quantitative estimate of drug-likeness (QED) is 0.695. The lowest BCUT2D eigenvalue weighted by atomic mass is 10.1. The molecule has 1 aromatic carbocycles. The van der Waals surface area contributed by atoms with E-state index in [-0.39, 0.29) is 11.8 Å². The van der Waals surface area contributed by atoms with E-state index in [1.165, 1.54) is 0 Å². The molecule has 7 heteroatoms. The van der Waals surface area contributed by atoms with Gasteiger partial charge in [0.2, 0.25) is 5.91 Å². The molecule has 1 N–H and O–H groups in total. The summed E-state index contributed by atoms with van der Waals surface area (Å²) in [7, 11) is 0. The molecule has 0 bridgehead atoms. The summed E-state index contributed by atoms with van der Waals surface area (Å²) in [5.41, 5.74) is 1.63. The fourth-order valence-electron chi connectivity index (χ4n) is 3.43. The predicted molar refractivity (Wildman–Crippen MR) is 113 cm³/mol. The number of hydrogen-bond donors (Lipinski definition) is 1. The third-order valence-corrected chi connectivity index (χ3v) is 5.13. The Bertz CT molecular complexity index is 804. The number of carbonyl (C=O) groups is 2. The highest BCUT2D eigenvalue weighted by Gasteiger charge is 2.21. The van der Waals surface area contributed by atoms with Gasteiger partial charge in [0, 0.05) is 56.5 Å². The van der Waals surface area contributed by atoms with E-state index in [0.29, 0.717) is 18.5 Å². The van der Waals surface area contributed by atoms with E-state index >= 15 is 0 Å². The third-order valence-electron chi connectivity index (χ3n) is 5.13. The Labute approximate surface area is 172 Å². The average Bonchev–Trinajstić information content (AvgIpc) is 2.76. The van der Waals surface area contributed by atoms with Gasteiger partial charge in [0.25, 0.3) is 5.91 Å². The summed E-state index contributed by atoms with van der Waals surface area (Å²) in [5.74, 6) is 1.11. The van der Waals surface area contributed by atoms with Crippen LogP contribution in [0.25, 0.3) is 0 Å². The number of anilines is 1. The fraction of sp³-hybridized carbons (Fsp3) is 0.455. The summed E-state index contributed by atoms with van der Waals surface area (Å²) in [6.07, 6.45) is 4.82. The van der Waals surface area contributed by atoms with Crippen LogP contribution >= 0.6 is 0 Å². The number of benzene rings is 1. The maximum atomic E-state index is 12.4. The molecule has 154 valence electrons. The summed E-state index contributed by atoms with van der Waals surface area (Å²) < 4.78 is 0. The van der Waals surface area contributed by atoms with Crippen molar-refractivity contribution in [1.82, 2.24) is 20.2 Å². The van der Waals surface area contributed by atoms with Crippen molar-refractivity contribution in [3.63, 3.8) is 0 Å². The highest BCUT2D eigenvalue weighted by atomic mass is 16.2. The number of carbonyl (C=O) groups excluding carboxylic acids is 2. The maximum Gasteiger partial charge on any atom is 0.251 e. The van der Waals surface area contributed by atoms with Crippen molar-refractivity contribution in [1.29, 1.82) is 0 Å². The number of rotatable bonds is 8. The molecule has 0 aliphatic carbocycles. The highest BCUT2D eigenvalue weighted by molar-refractivity contribution is 5.94. The van der Waals surface area contributed by atoms with Gasteiger partial charge in [-0.05, 0) is 31.9 Å². The third kappa shape index (κ3) is 6.27. The van der Waals surface area contributed by atoms with Gasteiger partial charge in [0.15, 0.2) is 0 Å². The van der Waals surface area contributed by atoms with Crippen LogP contribution in [0.3, 0.4) is 0 Å². The van der Waals surface area contributed by atoms with Crippen LogP contribution in [0.15, 0.2) is 42.7 Å². The van der Waals surface area contributed by atoms with E-state index in [0.717, 1.165) is 57.0 Å². The SMILES string of the molecule is Cc1cc(N2CCN(C(=O)CCCCCNC(=O)c3ccccc3)CC2)ncn1. The van der Waals surface area contributed by atoms with Crippen LogP contribution in [0.4, 0.5) is 5.82 Å². The first-order valence-corrected chi connectivity index (χ1v) is 10.3. The van der Waals surface area contributed by atoms with Crippen molar-refractivity contribution in [3.8, 4) is 0 Å². The molecule has 0 spiro atoms. The lowest BCUT2D eigenvalue weighted by Gasteiger charge is -2.35. The summed E-state index contributed by atoms with van der Waals surface area (Å²) in [6, 6.07) is 11.2. The zero-order chi connectivity index (χ0) is 20.5. The van der Waals surface area contributed by atoms with E-state index in [9.17, 15) is 9.59 Å². The summed E-state index contributed by atoms with van der Waals surface area (Å²) >= 11 is 0. The van der Waals surface area contributed by atoms with E-state index in [4.69, 9.17) is 0 Å². The molecular formula is C22H29N5O2. The molecule has 3 rings (SSSR count). The minimum absolute atomic E-state index is 0.0431. The maximum absolute atomic E-state index is 12.4. The van der Waals surface area contributed by atoms with Crippen LogP contribution in [0.2, 0.25) is 0 Å². The second-order valence-electron chi connectivity index (χ2n) is 7.32. The van der Waals surface area contributed by atoms with Crippen molar-refractivity contribution in [3.05, 3.63) is 54.0 Å². The normalized spacial score (nSPS) is 14.0. The molecule has 1 aliphatic heterocycles. The van der Waals surface area contributed by atoms with Gasteiger partial charge in [0.1, 0.15) is 12.1 Å². The zero-order valence-electron chi connectivity index (χ0n) is 17.0. The van der Waals surface area contributed by atoms with Crippen LogP contribution < -0.4 is 10.2 Å². The molecule has 1 aliphatic rings. The second-order valence-corrected chi connectivity index (χ2v) is 7.32. The molecule has 0 atom stereocenters. The Balaban J connectivity index is 1.28. The Hall–Kier alpha value is -2.96. The first kappa shape index (κ1) is 20.8. The van der Waals surface area contributed by atoms with Crippen LogP contribution in [-0.2, 0) is 4.79 Å². The molecule has 1 aromatic heterocycles. The van der Waals surface area contributed by atoms with Gasteiger partial charge in [-0.25, -0.2) is 9.97 Å². The van der Waals surface area contributed by atoms with Crippen molar-refractivity contribution in [2.24, 2.45) is 0 Å². The van der Waals surface area contributed by atoms with E-state index in [1.54, 1.807) is 18.5 Å². The summed E-state index contributed by atoms with van der Waals surface area (Å²) in [4.78, 5) is 37.0. The van der Waals surface area contributed by atoms with Crippen LogP contribution in [-0.4, -0.2) is 59.4 Å². The molecule has 1 fully saturated rings. The van der Waals surface area contributed by atoms with Crippen molar-refractivity contribution >= 4 is 17.6 Å². The highest BCUT2D eigenvalue weighted by Crippen LogP contribution is 2.14. The first-order valence-electron chi connectivity index (χ1n) is 10.3. The molecule has 2 heterocycles. The van der Waals surface area contributed by atoms with E-state index in [1.807, 2.05) is 36.1 Å². The molecule has 2 aromatic rings. The Kier molecular flexibility index (Phi) is 7.55. The average molecular weight is 396 g/mol. The van der Waals surface area contributed by atoms with Crippen LogP contribution in [0.5, 0.6) is 0 Å². The minimum atomic E-state index is -0.0431. The number of aryl methyl sites for hydroxylation is 1. The molecule has 0 saturated carbocycles. The van der Waals surface area contributed by atoms with Gasteiger partial charge < -0.3 is 15.1 Å². The lowest BCUT2D eigenvalue weighted by molar-refractivity contribution is -0.131. The lowest BCUT2D eigenvalue weighted by Crippen LogP contribution is -2.49. The Morgan fingerprint density at radius 1 is 1.00 bits per heavy atom. The molecule has 1 saturated heterocycles. The first-order chi connectivity index (χ1) is 14.1. The molecule has 7 nitrogen and oxygen atoms in total. The van der Waals surface area contributed by atoms with Crippen molar-refractivity contribution in [2.75, 3.05) is 37.6 Å². The topological polar surface area (TPSA) is 78.4 Å². The van der Waals surface area contributed by atoms with Crippen molar-refractivity contribution in [2.45, 2.75) is 32.6 Å². The minimum Gasteiger partial charge on any atom is -0.353 e. The molecule has 2 amide bonds. The molecule has 29 heavy (non-hydrogen) atoms. The summed E-state index contributed by atoms with van der Waals surface area (Å²) in [5, 5.41) is 2.92. The number of aromatic nitrogens is 2. The fourth-order valence-corrected chi connectivity index (χ4v) is 3.43. The number of amides is 2. The summed E-state index contributed by atoms with van der Waals surface area (Å²) in [6.45, 7) is 5.66. The van der Waals surface area contributed by atoms with Crippen LogP contribution in [0, 0.1) is 6.92 Å². The van der Waals surface area contributed by atoms with E-state index < -0.39 is 0 Å². The van der Waals surface area contributed by atoms with Gasteiger partial charge in [-0.2, -0.15) is 0 Å². The number of nitrogens with zero attached hydrogens (tertiary/aromatic N) is 4. The molecule has 0 radical (unpaired) electrons. The Morgan fingerprint density at radius 3 is 2.48 bits per heavy atom. The largest absolute Gasteiger partial charge is 0.353 e. The van der Waals surface area contributed by atoms with Gasteiger partial charge in [-0.1, -0.05) is 24.6 Å². The number of nitrogens with one attached hydrogen (secondary N) is 1. The number of unbranched alkanes of at least 4 members (excludes halogenated alkanes) is 2. The second kappa shape index (κ2) is 10.5. The zero-order valence-corrected chi connectivity index (χ0v) is 17.0. The van der Waals surface area contributed by atoms with Crippen LogP contribution in [0.1, 0.15) is 41.7 Å². The standard InChI is InChI=1S/C22H29N5O2/c1-18-16-20(25-17-24-18)26-12-14-27(15-13-26)21(28)10-6-3-7-11-23-22(29)19-8-4-2-5-9-19/h2,4-5,8-9,16-17H,3,6-7,10-15H2,1H3,(H,23,29). The van der Waals surface area contributed by atoms with Gasteiger partial charge >= 0.3 is 0 Å². The molecule has 0 unspecified atom stereocenters.